The van der Waals surface area contributed by atoms with Gasteiger partial charge >= 0.3 is 6.03 Å². The first-order valence-electron chi connectivity index (χ1n) is 33.4. The quantitative estimate of drug-likeness (QED) is 0.0281. The third kappa shape index (κ3) is 19.5. The number of likely N-dealkylation sites (tertiary alicyclic amines) is 3. The number of piperazine rings is 1. The van der Waals surface area contributed by atoms with Crippen molar-refractivity contribution in [3.8, 4) is 17.6 Å². The van der Waals surface area contributed by atoms with Crippen LogP contribution in [0.25, 0.3) is 4.85 Å². The van der Waals surface area contributed by atoms with Crippen LogP contribution in [0.15, 0.2) is 82.6 Å². The smallest absolute Gasteiger partial charge is 0.315 e. The van der Waals surface area contributed by atoms with E-state index in [0.717, 1.165) is 80.8 Å². The van der Waals surface area contributed by atoms with Crippen LogP contribution in [0.1, 0.15) is 137 Å². The molecule has 96 heavy (non-hydrogen) atoms. The number of nitriles is 1. The van der Waals surface area contributed by atoms with Gasteiger partial charge in [0.15, 0.2) is 21.3 Å². The summed E-state index contributed by atoms with van der Waals surface area (Å²) in [5.74, 6) is 0.401. The van der Waals surface area contributed by atoms with Crippen LogP contribution < -0.4 is 35.5 Å². The summed E-state index contributed by atoms with van der Waals surface area (Å²) in [7, 11) is -5.89. The lowest BCUT2D eigenvalue weighted by molar-refractivity contribution is -0.132. The average Bonchev–Trinajstić information content (AvgIpc) is 1.62. The Balaban J connectivity index is 0.000000245. The fourth-order valence-electron chi connectivity index (χ4n) is 13.7. The van der Waals surface area contributed by atoms with Gasteiger partial charge in [-0.15, -0.1) is 0 Å². The summed E-state index contributed by atoms with van der Waals surface area (Å²) in [6.07, 6.45) is 8.35. The molecule has 4 saturated heterocycles. The zero-order valence-corrected chi connectivity index (χ0v) is 57.7. The molecule has 27 heteroatoms. The molecular weight excluding hydrogens is 1310 g/mol. The van der Waals surface area contributed by atoms with Crippen molar-refractivity contribution >= 4 is 84.1 Å². The number of nitrogens with one attached hydrogen (secondary N) is 5. The first kappa shape index (κ1) is 73.1. The van der Waals surface area contributed by atoms with Gasteiger partial charge in [-0.1, -0.05) is 43.0 Å². The fourth-order valence-corrected chi connectivity index (χ4v) is 17.0. The molecule has 2 aliphatic carbocycles. The molecule has 516 valence electrons. The van der Waals surface area contributed by atoms with Crippen molar-refractivity contribution in [3.05, 3.63) is 122 Å². The molecule has 10 rings (SSSR count). The second kappa shape index (κ2) is 34.3. The van der Waals surface area contributed by atoms with E-state index in [1.165, 1.54) is 30.5 Å². The Morgan fingerprint density at radius 2 is 1.28 bits per heavy atom. The largest absolute Gasteiger partial charge is 0.484 e. The first-order chi connectivity index (χ1) is 46.1. The number of sulfone groups is 1. The van der Waals surface area contributed by atoms with E-state index in [2.05, 4.69) is 46.7 Å². The Hall–Kier alpha value is -7.20. The zero-order chi connectivity index (χ0) is 68.5. The molecule has 0 spiro atoms. The summed E-state index contributed by atoms with van der Waals surface area (Å²) in [6.45, 7) is 16.8. The summed E-state index contributed by atoms with van der Waals surface area (Å²) in [6, 6.07) is 21.4. The van der Waals surface area contributed by atoms with Gasteiger partial charge in [0.1, 0.15) is 29.5 Å². The van der Waals surface area contributed by atoms with Crippen LogP contribution >= 0.6 is 23.2 Å². The SMILES string of the molecule is CCC(=O)N1CC[C@H](CS(=O)(=O)c2ccc(O[C@H]3c4cc(Cl)cc(C#N)c4C[C@@H]3N3CCNCC3)cc2)C1.[C-]#[N+]c1cc(Cl)cc2c1C[C@H](N1CCCCC1)[C@H]2Oc1ccc(S(=O)(=O)N[C@H]2CCN(C(=O)CCC(=O)CNC(=O)NCCCCCC(=O)CCC(=O)NC)C2)cc1. The van der Waals surface area contributed by atoms with Crippen molar-refractivity contribution in [1.29, 1.82) is 5.26 Å². The third-order valence-electron chi connectivity index (χ3n) is 18.8. The van der Waals surface area contributed by atoms with Crippen LogP contribution in [-0.4, -0.2) is 181 Å². The molecule has 0 saturated carbocycles. The lowest BCUT2D eigenvalue weighted by atomic mass is 10.0. The van der Waals surface area contributed by atoms with Gasteiger partial charge in [0, 0.05) is 121 Å². The normalized spacial score (nSPS) is 21.0. The van der Waals surface area contributed by atoms with Crippen molar-refractivity contribution < 1.29 is 55.1 Å². The van der Waals surface area contributed by atoms with Gasteiger partial charge in [-0.3, -0.25) is 33.8 Å². The predicted octanol–water partition coefficient (Wildman–Crippen LogP) is 7.80. The van der Waals surface area contributed by atoms with Crippen LogP contribution in [0.4, 0.5) is 10.5 Å². The third-order valence-corrected chi connectivity index (χ3v) is 22.7. The Morgan fingerprint density at radius 3 is 1.93 bits per heavy atom. The van der Waals surface area contributed by atoms with E-state index in [1.807, 2.05) is 19.1 Å². The molecule has 4 aliphatic heterocycles. The minimum atomic E-state index is -3.92. The topological polar surface area (TPSA) is 290 Å². The van der Waals surface area contributed by atoms with Crippen LogP contribution in [0.3, 0.4) is 0 Å². The number of unbranched alkanes of at least 4 members (excludes halogenated alkanes) is 2. The molecule has 0 unspecified atom stereocenters. The number of nitrogens with zero attached hydrogens (tertiary/aromatic N) is 6. The molecule has 4 fully saturated rings. The van der Waals surface area contributed by atoms with Gasteiger partial charge in [0.25, 0.3) is 0 Å². The highest BCUT2D eigenvalue weighted by Crippen LogP contribution is 2.45. The standard InChI is InChI=1S/C41H54ClN7O8S.C28H33ClN4O4S/c1-43-36-24-28(42)23-35-34(36)25-37(48-20-7-4-8-21-48)40(35)57-32-12-14-33(15-13-32)58(55,56)47-29-18-22-49(27-29)39(53)17-11-31(51)26-46-41(54)45-19-6-3-5-9-30(50)10-16-38(52)44-2;1-2-27(34)33-10-7-19(17-33)18-38(35,36)23-5-3-22(4-6-23)37-28-25-14-21(29)13-20(16-30)24(25)15-26(28)32-11-8-31-9-12-32/h12-15,23-24,29,37,40,47H,3-11,16-22,25-27H2,2H3,(H,44,52)(H2,45,46,54);3-6,13-14,19,26,28,31H,2,7-12,15,17-18H2,1H3/t29-,37-,40-;19-,26-,28-/m00/s1. The van der Waals surface area contributed by atoms with Crippen molar-refractivity contribution in [1.82, 2.24) is 45.6 Å². The summed E-state index contributed by atoms with van der Waals surface area (Å²) in [4.78, 5) is 84.5. The maximum Gasteiger partial charge on any atom is 0.315 e. The van der Waals surface area contributed by atoms with Gasteiger partial charge in [0.2, 0.25) is 27.7 Å². The molecule has 4 heterocycles. The van der Waals surface area contributed by atoms with Crippen LogP contribution in [0.5, 0.6) is 11.5 Å². The summed E-state index contributed by atoms with van der Waals surface area (Å²) in [5, 5.41) is 21.7. The minimum Gasteiger partial charge on any atom is -0.484 e. The summed E-state index contributed by atoms with van der Waals surface area (Å²) in [5.41, 5.74) is 4.83. The lowest BCUT2D eigenvalue weighted by Crippen LogP contribution is -2.50. The van der Waals surface area contributed by atoms with Gasteiger partial charge in [0.05, 0.1) is 52.4 Å². The van der Waals surface area contributed by atoms with E-state index in [1.54, 1.807) is 53.4 Å². The van der Waals surface area contributed by atoms with Crippen molar-refractivity contribution in [2.24, 2.45) is 5.92 Å². The predicted molar refractivity (Wildman–Crippen MR) is 363 cm³/mol. The molecule has 6 atom stereocenters. The molecule has 0 aromatic heterocycles. The van der Waals surface area contributed by atoms with Gasteiger partial charge < -0.3 is 40.5 Å². The Labute approximate surface area is 573 Å². The maximum atomic E-state index is 13.4. The molecule has 4 aromatic rings. The number of carbonyl (C=O) groups excluding carboxylic acids is 6. The van der Waals surface area contributed by atoms with Crippen molar-refractivity contribution in [3.63, 3.8) is 0 Å². The van der Waals surface area contributed by atoms with E-state index in [0.29, 0.717) is 110 Å². The number of carbonyl (C=O) groups is 6. The number of halogens is 2. The number of rotatable bonds is 27. The highest BCUT2D eigenvalue weighted by atomic mass is 35.5. The average molecular weight is 1400 g/mol. The number of ketones is 2. The molecule has 0 radical (unpaired) electrons. The number of piperidine rings is 1. The Morgan fingerprint density at radius 1 is 0.677 bits per heavy atom. The summed E-state index contributed by atoms with van der Waals surface area (Å²) >= 11 is 12.8. The Bertz CT molecular complexity index is 3760. The molecule has 4 aromatic carbocycles. The van der Waals surface area contributed by atoms with Crippen LogP contribution in [0, 0.1) is 23.8 Å². The number of amides is 5. The van der Waals surface area contributed by atoms with Gasteiger partial charge in [-0.05, 0) is 165 Å². The fraction of sp³-hybridized carbons (Fsp3) is 0.536. The van der Waals surface area contributed by atoms with E-state index < -0.39 is 31.9 Å². The summed E-state index contributed by atoms with van der Waals surface area (Å²) < 4.78 is 68.7. The van der Waals surface area contributed by atoms with Gasteiger partial charge in [-0.2, -0.15) is 5.26 Å². The number of hydrogen-bond acceptors (Lipinski definition) is 16. The van der Waals surface area contributed by atoms with Crippen LogP contribution in [0.2, 0.25) is 10.0 Å². The van der Waals surface area contributed by atoms with Crippen molar-refractivity contribution in [2.45, 2.75) is 150 Å². The van der Waals surface area contributed by atoms with E-state index in [-0.39, 0.29) is 114 Å². The number of Topliss-reactive ketones (excluding diaryl/α,β-unsaturated/α-hetero) is 2. The van der Waals surface area contributed by atoms with E-state index >= 15 is 0 Å². The number of benzene rings is 4. The molecule has 5 amide bonds. The van der Waals surface area contributed by atoms with Gasteiger partial charge in [-0.25, -0.2) is 31.2 Å². The number of urea groups is 1. The zero-order valence-electron chi connectivity index (χ0n) is 54.6. The lowest BCUT2D eigenvalue weighted by Gasteiger charge is -2.36. The molecule has 23 nitrogen and oxygen atoms in total. The molecular formula is C69H87Cl2N11O12S2. The molecule has 6 aliphatic rings. The van der Waals surface area contributed by atoms with E-state index in [4.69, 9.17) is 39.2 Å². The maximum absolute atomic E-state index is 13.4. The van der Waals surface area contributed by atoms with Crippen molar-refractivity contribution in [2.75, 3.05) is 91.3 Å². The van der Waals surface area contributed by atoms with E-state index in [9.17, 15) is 50.9 Å². The highest BCUT2D eigenvalue weighted by molar-refractivity contribution is 7.91. The molecule has 0 bridgehead atoms. The number of hydrogen-bond donors (Lipinski definition) is 5. The second-order valence-electron chi connectivity index (χ2n) is 25.4. The highest BCUT2D eigenvalue weighted by Gasteiger charge is 2.42. The molecule has 5 N–H and O–H groups in total. The first-order valence-corrected chi connectivity index (χ1v) is 37.3. The Kier molecular flexibility index (Phi) is 26.1. The number of sulfonamides is 1. The minimum absolute atomic E-state index is 0.0250. The second-order valence-corrected chi connectivity index (χ2v) is 30.1. The number of fused-ring (bicyclic) bond motifs is 2. The van der Waals surface area contributed by atoms with Crippen LogP contribution in [-0.2, 0) is 56.7 Å². The number of ether oxygens (including phenoxy) is 2. The monoisotopic (exact) mass is 1400 g/mol.